The van der Waals surface area contributed by atoms with E-state index in [0.29, 0.717) is 12.5 Å². The summed E-state index contributed by atoms with van der Waals surface area (Å²) in [6.45, 7) is 0.559. The largest absolute Gasteiger partial charge is 0.346 e. The molecule has 0 aromatic carbocycles. The van der Waals surface area contributed by atoms with E-state index in [0.717, 1.165) is 12.8 Å². The lowest BCUT2D eigenvalue weighted by molar-refractivity contribution is -0.155. The molecule has 0 aliphatic heterocycles. The van der Waals surface area contributed by atoms with Crippen LogP contribution in [0.4, 0.5) is 0 Å². The first-order valence-electron chi connectivity index (χ1n) is 4.90. The van der Waals surface area contributed by atoms with Crippen LogP contribution >= 0.6 is 11.6 Å². The number of rotatable bonds is 6. The van der Waals surface area contributed by atoms with Gasteiger partial charge in [0.25, 0.3) is 0 Å². The minimum Gasteiger partial charge on any atom is -0.346 e. The highest BCUT2D eigenvalue weighted by Gasteiger charge is 2.26. The van der Waals surface area contributed by atoms with Gasteiger partial charge in [0, 0.05) is 13.0 Å². The van der Waals surface area contributed by atoms with Crippen LogP contribution in [0.3, 0.4) is 0 Å². The highest BCUT2D eigenvalue weighted by Crippen LogP contribution is 2.20. The van der Waals surface area contributed by atoms with Crippen molar-refractivity contribution in [2.24, 2.45) is 0 Å². The smallest absolute Gasteiger partial charge is 0.208 e. The quantitative estimate of drug-likeness (QED) is 0.398. The summed E-state index contributed by atoms with van der Waals surface area (Å²) in [6.07, 6.45) is 7.93. The van der Waals surface area contributed by atoms with Gasteiger partial charge in [-0.15, -0.1) is 11.6 Å². The molecular formula is C11H15ClO3. The molecular weight excluding hydrogens is 216 g/mol. The molecule has 0 saturated carbocycles. The lowest BCUT2D eigenvalue weighted by Gasteiger charge is -2.27. The Morgan fingerprint density at radius 3 is 2.53 bits per heavy atom. The number of ketones is 1. The standard InChI is InChI=1S/C11H15ClO3/c1-14-11(15-9-3-2-8-12)6-4-10(13)5-7-11/h4-7H,2-3,8-9H2,1H3. The molecule has 0 amide bonds. The highest BCUT2D eigenvalue weighted by molar-refractivity contribution is 6.17. The number of methoxy groups -OCH3 is 1. The number of alkyl halides is 1. The number of carbonyl (C=O) groups is 1. The van der Waals surface area contributed by atoms with Crippen LogP contribution in [0.5, 0.6) is 0 Å². The van der Waals surface area contributed by atoms with Crippen LogP contribution in [-0.4, -0.2) is 31.2 Å². The molecule has 0 N–H and O–H groups in total. The molecule has 1 rings (SSSR count). The molecule has 0 aromatic heterocycles. The number of carbonyl (C=O) groups excluding carboxylic acids is 1. The van der Waals surface area contributed by atoms with Gasteiger partial charge in [0.15, 0.2) is 5.78 Å². The first kappa shape index (κ1) is 12.4. The highest BCUT2D eigenvalue weighted by atomic mass is 35.5. The van der Waals surface area contributed by atoms with Crippen LogP contribution in [0.2, 0.25) is 0 Å². The Balaban J connectivity index is 2.44. The van der Waals surface area contributed by atoms with Gasteiger partial charge in [-0.2, -0.15) is 0 Å². The minimum absolute atomic E-state index is 0.0490. The molecule has 0 saturated heterocycles. The molecule has 0 bridgehead atoms. The Morgan fingerprint density at radius 1 is 1.33 bits per heavy atom. The van der Waals surface area contributed by atoms with Crippen molar-refractivity contribution in [3.05, 3.63) is 24.3 Å². The molecule has 1 aliphatic rings. The predicted molar refractivity (Wildman–Crippen MR) is 58.9 cm³/mol. The summed E-state index contributed by atoms with van der Waals surface area (Å²) < 4.78 is 10.8. The molecule has 0 unspecified atom stereocenters. The lowest BCUT2D eigenvalue weighted by atomic mass is 10.1. The third-order valence-corrected chi connectivity index (χ3v) is 2.40. The summed E-state index contributed by atoms with van der Waals surface area (Å²) in [4.78, 5) is 10.9. The van der Waals surface area contributed by atoms with E-state index in [1.807, 2.05) is 0 Å². The van der Waals surface area contributed by atoms with E-state index in [9.17, 15) is 4.79 Å². The van der Waals surface area contributed by atoms with Gasteiger partial charge in [0.1, 0.15) is 0 Å². The average Bonchev–Trinajstić information content (AvgIpc) is 2.28. The molecule has 0 aromatic rings. The molecule has 3 nitrogen and oxygen atoms in total. The Morgan fingerprint density at radius 2 is 2.00 bits per heavy atom. The van der Waals surface area contributed by atoms with Gasteiger partial charge >= 0.3 is 0 Å². The maximum atomic E-state index is 10.9. The van der Waals surface area contributed by atoms with Crippen LogP contribution in [0, 0.1) is 0 Å². The van der Waals surface area contributed by atoms with Crippen molar-refractivity contribution in [1.29, 1.82) is 0 Å². The van der Waals surface area contributed by atoms with E-state index in [4.69, 9.17) is 21.1 Å². The topological polar surface area (TPSA) is 35.5 Å². The summed E-state index contributed by atoms with van der Waals surface area (Å²) in [5.41, 5.74) is 0. The van der Waals surface area contributed by atoms with E-state index in [-0.39, 0.29) is 5.78 Å². The fraction of sp³-hybridized carbons (Fsp3) is 0.545. The van der Waals surface area contributed by atoms with E-state index >= 15 is 0 Å². The number of halogens is 1. The van der Waals surface area contributed by atoms with Crippen LogP contribution in [0.25, 0.3) is 0 Å². The average molecular weight is 231 g/mol. The van der Waals surface area contributed by atoms with Gasteiger partial charge in [-0.3, -0.25) is 4.79 Å². The van der Waals surface area contributed by atoms with E-state index in [1.54, 1.807) is 19.3 Å². The normalized spacial score (nSPS) is 18.4. The maximum Gasteiger partial charge on any atom is 0.208 e. The van der Waals surface area contributed by atoms with Gasteiger partial charge in [-0.1, -0.05) is 0 Å². The Bertz CT molecular complexity index is 255. The van der Waals surface area contributed by atoms with Crippen LogP contribution < -0.4 is 0 Å². The molecule has 1 aliphatic carbocycles. The zero-order valence-electron chi connectivity index (χ0n) is 8.74. The van der Waals surface area contributed by atoms with Crippen LogP contribution in [0.1, 0.15) is 12.8 Å². The predicted octanol–water partition coefficient (Wildman–Crippen LogP) is 2.06. The lowest BCUT2D eigenvalue weighted by Crippen LogP contribution is -2.32. The molecule has 0 heterocycles. The van der Waals surface area contributed by atoms with Gasteiger partial charge in [-0.05, 0) is 37.1 Å². The number of ether oxygens (including phenoxy) is 2. The minimum atomic E-state index is -0.875. The van der Waals surface area contributed by atoms with Crippen molar-refractivity contribution in [3.8, 4) is 0 Å². The SMILES string of the molecule is COC1(OCCCCCl)C=CC(=O)C=C1. The summed E-state index contributed by atoms with van der Waals surface area (Å²) in [5.74, 6) is -0.291. The van der Waals surface area contributed by atoms with E-state index in [2.05, 4.69) is 0 Å². The molecule has 4 heteroatoms. The van der Waals surface area contributed by atoms with Crippen molar-refractivity contribution < 1.29 is 14.3 Å². The van der Waals surface area contributed by atoms with Gasteiger partial charge < -0.3 is 9.47 Å². The number of hydrogen-bond donors (Lipinski definition) is 0. The Labute approximate surface area is 94.7 Å². The summed E-state index contributed by atoms with van der Waals surface area (Å²) in [6, 6.07) is 0. The maximum absolute atomic E-state index is 10.9. The molecule has 84 valence electrons. The molecule has 0 fully saturated rings. The van der Waals surface area contributed by atoms with E-state index in [1.165, 1.54) is 12.2 Å². The fourth-order valence-electron chi connectivity index (χ4n) is 1.23. The number of unbranched alkanes of at least 4 members (excludes halogenated alkanes) is 1. The zero-order valence-corrected chi connectivity index (χ0v) is 9.50. The van der Waals surface area contributed by atoms with Crippen molar-refractivity contribution in [2.45, 2.75) is 18.6 Å². The van der Waals surface area contributed by atoms with Crippen molar-refractivity contribution in [1.82, 2.24) is 0 Å². The van der Waals surface area contributed by atoms with Crippen molar-refractivity contribution >= 4 is 17.4 Å². The monoisotopic (exact) mass is 230 g/mol. The summed E-state index contributed by atoms with van der Waals surface area (Å²) in [7, 11) is 1.55. The van der Waals surface area contributed by atoms with E-state index < -0.39 is 5.79 Å². The third-order valence-electron chi connectivity index (χ3n) is 2.13. The molecule has 0 spiro atoms. The van der Waals surface area contributed by atoms with Crippen molar-refractivity contribution in [3.63, 3.8) is 0 Å². The van der Waals surface area contributed by atoms with Gasteiger partial charge in [0.2, 0.25) is 5.79 Å². The molecule has 0 radical (unpaired) electrons. The Hall–Kier alpha value is -0.640. The third kappa shape index (κ3) is 3.78. The second kappa shape index (κ2) is 6.05. The van der Waals surface area contributed by atoms with Crippen LogP contribution in [0.15, 0.2) is 24.3 Å². The first-order valence-corrected chi connectivity index (χ1v) is 5.43. The second-order valence-corrected chi connectivity index (χ2v) is 3.62. The first-order chi connectivity index (χ1) is 7.22. The van der Waals surface area contributed by atoms with Crippen molar-refractivity contribution in [2.75, 3.05) is 19.6 Å². The number of allylic oxidation sites excluding steroid dienone is 2. The second-order valence-electron chi connectivity index (χ2n) is 3.24. The van der Waals surface area contributed by atoms with Gasteiger partial charge in [-0.25, -0.2) is 0 Å². The fourth-order valence-corrected chi connectivity index (χ4v) is 1.42. The van der Waals surface area contributed by atoms with Gasteiger partial charge in [0.05, 0.1) is 6.61 Å². The summed E-state index contributed by atoms with van der Waals surface area (Å²) >= 11 is 5.55. The Kier molecular flexibility index (Phi) is 5.02. The van der Waals surface area contributed by atoms with Crippen LogP contribution in [-0.2, 0) is 14.3 Å². The molecule has 0 atom stereocenters. The molecule has 15 heavy (non-hydrogen) atoms. The number of hydrogen-bond acceptors (Lipinski definition) is 3. The zero-order chi connectivity index (χ0) is 11.1. The summed E-state index contributed by atoms with van der Waals surface area (Å²) in [5, 5.41) is 0.